The number of nitrogens with one attached hydrogen (secondary N) is 2. The van der Waals surface area contributed by atoms with Crippen molar-refractivity contribution >= 4 is 35.6 Å². The van der Waals surface area contributed by atoms with Crippen LogP contribution < -0.4 is 20.1 Å². The second-order valence-corrected chi connectivity index (χ2v) is 6.62. The van der Waals surface area contributed by atoms with Crippen LogP contribution in [-0.2, 0) is 4.74 Å². The fraction of sp³-hybridized carbons (Fsp3) is 0.632. The molecule has 0 unspecified atom stereocenters. The van der Waals surface area contributed by atoms with Gasteiger partial charge in [-0.2, -0.15) is 0 Å². The molecule has 27 heavy (non-hydrogen) atoms. The summed E-state index contributed by atoms with van der Waals surface area (Å²) >= 11 is 0. The third-order valence-corrected chi connectivity index (χ3v) is 4.89. The van der Waals surface area contributed by atoms with Gasteiger partial charge < -0.3 is 29.7 Å². The van der Waals surface area contributed by atoms with Crippen molar-refractivity contribution in [2.75, 3.05) is 59.9 Å². The second kappa shape index (κ2) is 11.6. The summed E-state index contributed by atoms with van der Waals surface area (Å²) in [5.41, 5.74) is 0.936. The van der Waals surface area contributed by atoms with Gasteiger partial charge in [-0.1, -0.05) is 0 Å². The zero-order valence-electron chi connectivity index (χ0n) is 17.0. The highest BCUT2D eigenvalue weighted by Crippen LogP contribution is 2.30. The topological polar surface area (TPSA) is 67.4 Å². The first-order valence-corrected chi connectivity index (χ1v) is 9.07. The number of benzene rings is 1. The van der Waals surface area contributed by atoms with Crippen LogP contribution in [0.4, 0.5) is 5.69 Å². The van der Waals surface area contributed by atoms with Crippen molar-refractivity contribution in [3.8, 4) is 11.5 Å². The Kier molecular flexibility index (Phi) is 10.2. The maximum atomic E-state index is 5.54. The highest BCUT2D eigenvalue weighted by molar-refractivity contribution is 14.0. The third-order valence-electron chi connectivity index (χ3n) is 4.89. The molecule has 2 rings (SSSR count). The molecule has 0 bridgehead atoms. The normalized spacial score (nSPS) is 16.4. The fourth-order valence-electron chi connectivity index (χ4n) is 3.08. The van der Waals surface area contributed by atoms with Crippen molar-refractivity contribution in [3.63, 3.8) is 0 Å². The first kappa shape index (κ1) is 23.8. The van der Waals surface area contributed by atoms with Gasteiger partial charge in [0, 0.05) is 37.1 Å². The van der Waals surface area contributed by atoms with E-state index in [2.05, 4.69) is 36.6 Å². The van der Waals surface area contributed by atoms with Gasteiger partial charge in [0.2, 0.25) is 0 Å². The van der Waals surface area contributed by atoms with Crippen LogP contribution in [-0.4, -0.2) is 71.0 Å². The van der Waals surface area contributed by atoms with Gasteiger partial charge in [0.25, 0.3) is 0 Å². The minimum Gasteiger partial charge on any atom is -0.493 e. The van der Waals surface area contributed by atoms with E-state index in [0.717, 1.165) is 44.2 Å². The second-order valence-electron chi connectivity index (χ2n) is 6.62. The number of hydrogen-bond donors (Lipinski definition) is 2. The molecule has 1 aromatic carbocycles. The molecule has 8 heteroatoms. The fourth-order valence-corrected chi connectivity index (χ4v) is 3.08. The quantitative estimate of drug-likeness (QED) is 0.347. The van der Waals surface area contributed by atoms with E-state index in [-0.39, 0.29) is 29.5 Å². The van der Waals surface area contributed by atoms with E-state index in [4.69, 9.17) is 19.2 Å². The molecule has 1 fully saturated rings. The van der Waals surface area contributed by atoms with Crippen molar-refractivity contribution in [3.05, 3.63) is 18.2 Å². The molecule has 1 saturated heterocycles. The monoisotopic (exact) mass is 492 g/mol. The lowest BCUT2D eigenvalue weighted by molar-refractivity contribution is -0.00251. The maximum Gasteiger partial charge on any atom is 0.195 e. The number of hydrogen-bond acceptors (Lipinski definition) is 5. The summed E-state index contributed by atoms with van der Waals surface area (Å²) in [6, 6.07) is 5.73. The molecule has 0 radical (unpaired) electrons. The summed E-state index contributed by atoms with van der Waals surface area (Å²) < 4.78 is 16.2. The molecule has 1 heterocycles. The third kappa shape index (κ3) is 6.39. The minimum absolute atomic E-state index is 0. The maximum absolute atomic E-state index is 5.54. The Balaban J connectivity index is 0.00000364. The van der Waals surface area contributed by atoms with Crippen LogP contribution in [0, 0.1) is 0 Å². The van der Waals surface area contributed by atoms with Crippen LogP contribution in [0.15, 0.2) is 23.2 Å². The van der Waals surface area contributed by atoms with Crippen molar-refractivity contribution in [2.45, 2.75) is 25.3 Å². The van der Waals surface area contributed by atoms with Gasteiger partial charge in [-0.3, -0.25) is 4.99 Å². The van der Waals surface area contributed by atoms with Gasteiger partial charge in [0.1, 0.15) is 0 Å². The number of methoxy groups -OCH3 is 2. The molecule has 0 aromatic heterocycles. The van der Waals surface area contributed by atoms with Crippen LogP contribution in [0.2, 0.25) is 0 Å². The summed E-state index contributed by atoms with van der Waals surface area (Å²) in [6.07, 6.45) is 1.97. The molecule has 7 nitrogen and oxygen atoms in total. The number of halogens is 1. The standard InChI is InChI=1S/C19H32N4O3.HI/c1-6-20-18(21-14-19(23(2)3)9-11-26-12-10-19)22-15-7-8-16(24-4)17(13-15)25-5;/h7-8,13H,6,9-12,14H2,1-5H3,(H2,20,21,22);1H. The minimum atomic E-state index is 0. The van der Waals surface area contributed by atoms with Crippen LogP contribution in [0.1, 0.15) is 19.8 Å². The lowest BCUT2D eigenvalue weighted by Gasteiger charge is -2.41. The Hall–Kier alpha value is -1.26. The number of nitrogens with zero attached hydrogens (tertiary/aromatic N) is 2. The van der Waals surface area contributed by atoms with E-state index < -0.39 is 0 Å². The molecule has 1 aromatic rings. The molecule has 0 aliphatic carbocycles. The smallest absolute Gasteiger partial charge is 0.195 e. The zero-order valence-corrected chi connectivity index (χ0v) is 19.3. The molecular weight excluding hydrogens is 459 g/mol. The van der Waals surface area contributed by atoms with Crippen LogP contribution in [0.5, 0.6) is 11.5 Å². The Labute approximate surface area is 179 Å². The van der Waals surface area contributed by atoms with E-state index >= 15 is 0 Å². The molecule has 1 aliphatic heterocycles. The van der Waals surface area contributed by atoms with Crippen molar-refractivity contribution in [2.24, 2.45) is 4.99 Å². The van der Waals surface area contributed by atoms with Crippen LogP contribution >= 0.6 is 24.0 Å². The number of aliphatic imine (C=N–C) groups is 1. The van der Waals surface area contributed by atoms with Crippen molar-refractivity contribution in [1.29, 1.82) is 0 Å². The van der Waals surface area contributed by atoms with Crippen molar-refractivity contribution < 1.29 is 14.2 Å². The highest BCUT2D eigenvalue weighted by atomic mass is 127. The zero-order chi connectivity index (χ0) is 19.0. The van der Waals surface area contributed by atoms with E-state index in [0.29, 0.717) is 18.0 Å². The van der Waals surface area contributed by atoms with E-state index in [1.54, 1.807) is 14.2 Å². The Morgan fingerprint density at radius 3 is 2.41 bits per heavy atom. The molecule has 0 amide bonds. The summed E-state index contributed by atoms with van der Waals surface area (Å²) in [5.74, 6) is 2.14. The molecule has 1 aliphatic rings. The molecular formula is C19H33IN4O3. The van der Waals surface area contributed by atoms with E-state index in [1.807, 2.05) is 18.2 Å². The number of rotatable bonds is 7. The summed E-state index contributed by atoms with van der Waals surface area (Å²) in [6.45, 7) is 5.13. The van der Waals surface area contributed by atoms with Gasteiger partial charge in [-0.05, 0) is 46.0 Å². The first-order valence-electron chi connectivity index (χ1n) is 9.07. The number of anilines is 1. The SMILES string of the molecule is CCNC(=NCC1(N(C)C)CCOCC1)Nc1ccc(OC)c(OC)c1.I. The Morgan fingerprint density at radius 1 is 1.19 bits per heavy atom. The van der Waals surface area contributed by atoms with Crippen LogP contribution in [0.25, 0.3) is 0 Å². The molecule has 154 valence electrons. The number of likely N-dealkylation sites (N-methyl/N-ethyl adjacent to an activating group) is 1. The van der Waals surface area contributed by atoms with Crippen molar-refractivity contribution in [1.82, 2.24) is 10.2 Å². The van der Waals surface area contributed by atoms with Gasteiger partial charge in [0.05, 0.1) is 20.8 Å². The van der Waals surface area contributed by atoms with E-state index in [9.17, 15) is 0 Å². The predicted octanol–water partition coefficient (Wildman–Crippen LogP) is 2.81. The molecule has 2 N–H and O–H groups in total. The van der Waals surface area contributed by atoms with Gasteiger partial charge >= 0.3 is 0 Å². The van der Waals surface area contributed by atoms with E-state index in [1.165, 1.54) is 0 Å². The van der Waals surface area contributed by atoms with Gasteiger partial charge in [-0.25, -0.2) is 0 Å². The molecule has 0 atom stereocenters. The lowest BCUT2D eigenvalue weighted by atomic mass is 9.89. The number of guanidine groups is 1. The molecule has 0 spiro atoms. The highest BCUT2D eigenvalue weighted by Gasteiger charge is 2.34. The average molecular weight is 492 g/mol. The van der Waals surface area contributed by atoms with Crippen LogP contribution in [0.3, 0.4) is 0 Å². The Morgan fingerprint density at radius 2 is 1.85 bits per heavy atom. The summed E-state index contributed by atoms with van der Waals surface area (Å²) in [7, 11) is 7.50. The first-order chi connectivity index (χ1) is 12.5. The Bertz CT molecular complexity index is 605. The predicted molar refractivity (Wildman–Crippen MR) is 121 cm³/mol. The van der Waals surface area contributed by atoms with Gasteiger partial charge in [0.15, 0.2) is 17.5 Å². The largest absolute Gasteiger partial charge is 0.493 e. The summed E-state index contributed by atoms with van der Waals surface area (Å²) in [5, 5.41) is 6.67. The molecule has 0 saturated carbocycles. The lowest BCUT2D eigenvalue weighted by Crippen LogP contribution is -2.51. The van der Waals surface area contributed by atoms with Gasteiger partial charge in [-0.15, -0.1) is 24.0 Å². The number of ether oxygens (including phenoxy) is 3. The summed E-state index contributed by atoms with van der Waals surface area (Å²) in [4.78, 5) is 7.13. The average Bonchev–Trinajstić information content (AvgIpc) is 2.66.